The van der Waals surface area contributed by atoms with E-state index >= 15 is 0 Å². The van der Waals surface area contributed by atoms with Crippen LogP contribution in [-0.2, 0) is 44.4 Å². The van der Waals surface area contributed by atoms with Gasteiger partial charge in [-0.2, -0.15) is 0 Å². The molecule has 0 saturated heterocycles. The van der Waals surface area contributed by atoms with Gasteiger partial charge in [-0.15, -0.1) is 18.9 Å². The van der Waals surface area contributed by atoms with Gasteiger partial charge >= 0.3 is 0 Å². The van der Waals surface area contributed by atoms with Crippen LogP contribution in [0.1, 0.15) is 166 Å². The Morgan fingerprint density at radius 2 is 1.12 bits per heavy atom. The first-order valence-electron chi connectivity index (χ1n) is 20.8. The first-order chi connectivity index (χ1) is 25.9. The van der Waals surface area contributed by atoms with Crippen molar-refractivity contribution in [1.29, 1.82) is 0 Å². The molecule has 0 aliphatic heterocycles. The summed E-state index contributed by atoms with van der Waals surface area (Å²) in [5, 5.41) is 0. The maximum absolute atomic E-state index is 11.3. The molecule has 0 heterocycles. The van der Waals surface area contributed by atoms with Gasteiger partial charge in [0.15, 0.2) is 23.1 Å². The number of likely N-dealkylation sites (N-methyl/N-ethyl adjacent to an activating group) is 1. The summed E-state index contributed by atoms with van der Waals surface area (Å²) >= 11 is 0. The largest absolute Gasteiger partial charge is 0.339 e. The number of carbonyl (C=O) groups is 5. The molecule has 1 rings (SSSR count). The molecule has 1 unspecified atom stereocenters. The van der Waals surface area contributed by atoms with Crippen molar-refractivity contribution in [3.05, 3.63) is 67.7 Å². The van der Waals surface area contributed by atoms with E-state index in [9.17, 15) is 24.0 Å². The van der Waals surface area contributed by atoms with Crippen molar-refractivity contribution in [3.63, 3.8) is 0 Å². The molecular weight excluding hydrogens is 917 g/mol. The molecule has 0 aromatic heterocycles. The molecule has 1 aliphatic carbocycles. The van der Waals surface area contributed by atoms with Crippen molar-refractivity contribution in [3.8, 4) is 12.3 Å². The molecule has 60 heavy (non-hydrogen) atoms. The van der Waals surface area contributed by atoms with E-state index in [0.717, 1.165) is 18.5 Å². The number of rotatable bonds is 5. The predicted octanol–water partition coefficient (Wildman–Crippen LogP) is 13.6. The molecule has 0 aromatic carbocycles. The number of nitrogens with zero attached hydrogens (tertiary/aromatic N) is 1. The van der Waals surface area contributed by atoms with Crippen LogP contribution in [0.2, 0.25) is 0 Å². The number of allylic oxidation sites excluding steroid dienone is 8. The average Bonchev–Trinajstić information content (AvgIpc) is 3.47. The molecule has 0 spiro atoms. The molecule has 1 radical (unpaired) electrons. The second-order valence-electron chi connectivity index (χ2n) is 21.8. The van der Waals surface area contributed by atoms with Gasteiger partial charge in [-0.25, -0.2) is 0 Å². The van der Waals surface area contributed by atoms with E-state index in [4.69, 9.17) is 6.42 Å². The Balaban J connectivity index is -0.000000111. The molecule has 0 bridgehead atoms. The van der Waals surface area contributed by atoms with Crippen molar-refractivity contribution < 1.29 is 44.4 Å². The van der Waals surface area contributed by atoms with Gasteiger partial charge in [0.2, 0.25) is 0 Å². The summed E-state index contributed by atoms with van der Waals surface area (Å²) in [7, 11) is 3.96. The molecule has 0 aromatic rings. The number of ketones is 5. The summed E-state index contributed by atoms with van der Waals surface area (Å²) in [6.45, 7) is 53.0. The summed E-state index contributed by atoms with van der Waals surface area (Å²) in [5.74, 6) is 4.03. The quantitative estimate of drug-likeness (QED) is 0.118. The summed E-state index contributed by atoms with van der Waals surface area (Å²) in [4.78, 5) is 57.0. The van der Waals surface area contributed by atoms with Gasteiger partial charge in [-0.1, -0.05) is 168 Å². The van der Waals surface area contributed by atoms with Crippen LogP contribution >= 0.6 is 0 Å². The minimum atomic E-state index is -0.250. The number of hydrogen-bond acceptors (Lipinski definition) is 6. The van der Waals surface area contributed by atoms with Crippen LogP contribution in [0, 0.1) is 63.6 Å². The minimum absolute atomic E-state index is 0. The van der Waals surface area contributed by atoms with E-state index in [1.807, 2.05) is 155 Å². The fourth-order valence-corrected chi connectivity index (χ4v) is 2.83. The van der Waals surface area contributed by atoms with Crippen LogP contribution in [0.3, 0.4) is 0 Å². The summed E-state index contributed by atoms with van der Waals surface area (Å²) < 4.78 is 0. The van der Waals surface area contributed by atoms with Gasteiger partial charge in [0.05, 0.1) is 0 Å². The SMILES string of the molecule is C#CC(C)C.C/C=C/C(=O)C(C)(C)C.C=CC(C)(C)C.CC(C)(C)C1CC=CC1=O.CC(C)=CC(=O)C(C)(C)C.CN(C)C/C=C/C(=O)C(C)(C)C.[CH2-]C(=O)C(C)(C)C.[Re]. The van der Waals surface area contributed by atoms with Crippen LogP contribution in [0.5, 0.6) is 0 Å². The molecule has 1 atom stereocenters. The average molecular weight is 1010 g/mol. The zero-order chi connectivity index (χ0) is 49.0. The zero-order valence-corrected chi connectivity index (χ0v) is 46.3. The van der Waals surface area contributed by atoms with Gasteiger partial charge in [-0.3, -0.25) is 19.2 Å². The second kappa shape index (κ2) is 33.7. The van der Waals surface area contributed by atoms with Gasteiger partial charge in [0, 0.05) is 60.8 Å². The Bertz CT molecular complexity index is 1400. The Kier molecular flexibility index (Phi) is 40.2. The molecule has 349 valence electrons. The third-order valence-corrected chi connectivity index (χ3v) is 7.52. The molecule has 7 heteroatoms. The van der Waals surface area contributed by atoms with Gasteiger partial charge < -0.3 is 16.6 Å². The fraction of sp³-hybridized carbons (Fsp3) is 0.660. The van der Waals surface area contributed by atoms with E-state index in [2.05, 4.69) is 61.0 Å². The van der Waals surface area contributed by atoms with Crippen LogP contribution in [0.15, 0.2) is 60.8 Å². The Hall–Kier alpha value is -2.90. The number of Topliss-reactive ketones (excluding diaryl/α,β-unsaturated/α-hetero) is 1. The molecule has 0 saturated carbocycles. The summed E-state index contributed by atoms with van der Waals surface area (Å²) in [6, 6.07) is 0. The first-order valence-corrected chi connectivity index (χ1v) is 20.8. The van der Waals surface area contributed by atoms with Crippen LogP contribution in [0.25, 0.3) is 0 Å². The van der Waals surface area contributed by atoms with Crippen molar-refractivity contribution in [1.82, 2.24) is 4.90 Å². The third-order valence-electron chi connectivity index (χ3n) is 7.52. The molecular formula is C53H94NO5Re-. The predicted molar refractivity (Wildman–Crippen MR) is 260 cm³/mol. The Morgan fingerprint density at radius 1 is 0.783 bits per heavy atom. The van der Waals surface area contributed by atoms with Crippen molar-refractivity contribution in [2.45, 2.75) is 166 Å². The molecule has 6 nitrogen and oxygen atoms in total. The minimum Gasteiger partial charge on any atom is -0.339 e. The standard InChI is InChI=1S/C10H19NO.C9H14O.C9H16O.C8H14O.C6H11O.C6H12.C5H8.Re/c1-10(2,3)9(12)7-6-8-11(4)5;1-9(2,3)7-5-4-6-8(7)10;1-7(2)6-8(10)9(3,4)5;1-5-6-7(9)8(2,3)4;1-5(7)6(2,3)4;1-5-6(2,3)4;1-4-5(2)3;/h6-7H,8H2,1-5H3;4,6-7H,5H2,1-3H3;6H,1-5H3;5-6H,1-4H3;1H2,2-4H3;5H,1H2,2-4H3;1,5H,2-3H3;/q;;;;-1;;;/b7-6+;;;6-5+;;;;. The van der Waals surface area contributed by atoms with E-state index in [0.29, 0.717) is 17.1 Å². The third kappa shape index (κ3) is 53.1. The topological polar surface area (TPSA) is 88.6 Å². The molecule has 0 N–H and O–H groups in total. The maximum atomic E-state index is 11.3. The Labute approximate surface area is 387 Å². The van der Waals surface area contributed by atoms with E-state index in [-0.39, 0.29) is 76.5 Å². The van der Waals surface area contributed by atoms with Crippen molar-refractivity contribution >= 4 is 28.9 Å². The monoisotopic (exact) mass is 1010 g/mol. The number of terminal acetylenes is 1. The maximum Gasteiger partial charge on any atom is 0.160 e. The van der Waals surface area contributed by atoms with Crippen LogP contribution < -0.4 is 0 Å². The van der Waals surface area contributed by atoms with E-state index in [1.54, 1.807) is 30.4 Å². The van der Waals surface area contributed by atoms with Crippen LogP contribution in [0.4, 0.5) is 0 Å². The molecule has 0 fully saturated rings. The number of carbonyl (C=O) groups excluding carboxylic acids is 5. The normalized spacial score (nSPS) is 13.6. The first kappa shape index (κ1) is 71.6. The van der Waals surface area contributed by atoms with E-state index < -0.39 is 0 Å². The van der Waals surface area contributed by atoms with Crippen LogP contribution in [-0.4, -0.2) is 54.5 Å². The number of hydrogen-bond donors (Lipinski definition) is 0. The van der Waals surface area contributed by atoms with Crippen molar-refractivity contribution in [2.75, 3.05) is 20.6 Å². The van der Waals surface area contributed by atoms with E-state index in [1.165, 1.54) is 0 Å². The second-order valence-corrected chi connectivity index (χ2v) is 21.8. The molecule has 1 aliphatic rings. The van der Waals surface area contributed by atoms with Gasteiger partial charge in [-0.05, 0) is 81.8 Å². The van der Waals surface area contributed by atoms with Crippen molar-refractivity contribution in [2.24, 2.45) is 44.3 Å². The smallest absolute Gasteiger partial charge is 0.160 e. The fourth-order valence-electron chi connectivity index (χ4n) is 2.83. The van der Waals surface area contributed by atoms with Gasteiger partial charge in [0.25, 0.3) is 0 Å². The summed E-state index contributed by atoms with van der Waals surface area (Å²) in [5.41, 5.74) is 0.576. The van der Waals surface area contributed by atoms with Gasteiger partial charge in [0.1, 0.15) is 0 Å². The Morgan fingerprint density at radius 3 is 1.25 bits per heavy atom. The summed E-state index contributed by atoms with van der Waals surface area (Å²) in [6.07, 6.45) is 20.1. The zero-order valence-electron chi connectivity index (χ0n) is 43.5. The molecule has 0 amide bonds.